The molecule has 0 aliphatic carbocycles. The van der Waals surface area contributed by atoms with E-state index in [-0.39, 0.29) is 11.8 Å². The third-order valence-electron chi connectivity index (χ3n) is 4.33. The van der Waals surface area contributed by atoms with Gasteiger partial charge < -0.3 is 14.8 Å². The fourth-order valence-corrected chi connectivity index (χ4v) is 2.75. The Kier molecular flexibility index (Phi) is 5.22. The van der Waals surface area contributed by atoms with Crippen LogP contribution in [0.5, 0.6) is 5.75 Å². The second-order valence-electron chi connectivity index (χ2n) is 6.19. The van der Waals surface area contributed by atoms with Crippen molar-refractivity contribution in [2.45, 2.75) is 18.9 Å². The van der Waals surface area contributed by atoms with E-state index in [4.69, 9.17) is 9.47 Å². The molecule has 8 nitrogen and oxygen atoms in total. The van der Waals surface area contributed by atoms with Crippen LogP contribution in [0.2, 0.25) is 0 Å². The Bertz CT molecular complexity index is 908. The molecule has 0 saturated carbocycles. The standard InChI is InChI=1S/C18H21N3O5/c1-20-15(10-16(22)21(2)18(20)24)17(23)19-12-5-7-13(8-6-12)26-11-14-4-3-9-25-14/h5-8,10,14H,3-4,9,11H2,1-2H3,(H,19,23). The summed E-state index contributed by atoms with van der Waals surface area (Å²) in [5, 5.41) is 2.67. The van der Waals surface area contributed by atoms with Gasteiger partial charge in [0.1, 0.15) is 18.1 Å². The molecule has 138 valence electrons. The number of nitrogens with zero attached hydrogens (tertiary/aromatic N) is 2. The molecule has 0 spiro atoms. The van der Waals surface area contributed by atoms with Gasteiger partial charge in [0.15, 0.2) is 0 Å². The van der Waals surface area contributed by atoms with E-state index in [9.17, 15) is 14.4 Å². The van der Waals surface area contributed by atoms with Gasteiger partial charge in [0.25, 0.3) is 11.5 Å². The fraction of sp³-hybridized carbons (Fsp3) is 0.389. The summed E-state index contributed by atoms with van der Waals surface area (Å²) < 4.78 is 13.2. The molecule has 1 unspecified atom stereocenters. The van der Waals surface area contributed by atoms with Crippen LogP contribution in [0.1, 0.15) is 23.3 Å². The van der Waals surface area contributed by atoms with Gasteiger partial charge in [-0.3, -0.25) is 18.7 Å². The highest BCUT2D eigenvalue weighted by molar-refractivity contribution is 6.02. The summed E-state index contributed by atoms with van der Waals surface area (Å²) in [4.78, 5) is 36.0. The van der Waals surface area contributed by atoms with E-state index in [0.29, 0.717) is 18.0 Å². The normalized spacial score (nSPS) is 16.5. The van der Waals surface area contributed by atoms with Crippen LogP contribution in [0.4, 0.5) is 5.69 Å². The lowest BCUT2D eigenvalue weighted by Gasteiger charge is -2.12. The molecule has 1 aromatic heterocycles. The van der Waals surface area contributed by atoms with Crippen molar-refractivity contribution in [1.82, 2.24) is 9.13 Å². The Labute approximate surface area is 150 Å². The van der Waals surface area contributed by atoms with Crippen LogP contribution in [-0.4, -0.2) is 34.4 Å². The van der Waals surface area contributed by atoms with Crippen molar-refractivity contribution in [3.63, 3.8) is 0 Å². The minimum atomic E-state index is -0.555. The van der Waals surface area contributed by atoms with E-state index in [1.54, 1.807) is 24.3 Å². The molecule has 1 N–H and O–H groups in total. The third kappa shape index (κ3) is 3.85. The van der Waals surface area contributed by atoms with E-state index in [0.717, 1.165) is 34.6 Å². The van der Waals surface area contributed by atoms with Crippen LogP contribution in [0.3, 0.4) is 0 Å². The van der Waals surface area contributed by atoms with Crippen LogP contribution in [0.15, 0.2) is 39.9 Å². The van der Waals surface area contributed by atoms with Gasteiger partial charge in [-0.2, -0.15) is 0 Å². The highest BCUT2D eigenvalue weighted by atomic mass is 16.5. The van der Waals surface area contributed by atoms with Gasteiger partial charge in [-0.05, 0) is 37.1 Å². The number of rotatable bonds is 5. The number of amides is 1. The van der Waals surface area contributed by atoms with Crippen LogP contribution in [0, 0.1) is 0 Å². The topological polar surface area (TPSA) is 91.6 Å². The molecule has 3 rings (SSSR count). The Morgan fingerprint density at radius 2 is 1.96 bits per heavy atom. The molecule has 1 fully saturated rings. The molecule has 0 bridgehead atoms. The summed E-state index contributed by atoms with van der Waals surface area (Å²) >= 11 is 0. The van der Waals surface area contributed by atoms with Gasteiger partial charge in [-0.25, -0.2) is 4.79 Å². The fourth-order valence-electron chi connectivity index (χ4n) is 2.75. The second kappa shape index (κ2) is 7.57. The molecule has 2 heterocycles. The predicted octanol–water partition coefficient (Wildman–Crippen LogP) is 0.894. The zero-order chi connectivity index (χ0) is 18.7. The average molecular weight is 359 g/mol. The van der Waals surface area contributed by atoms with Crippen LogP contribution in [-0.2, 0) is 18.8 Å². The zero-order valence-corrected chi connectivity index (χ0v) is 14.7. The highest BCUT2D eigenvalue weighted by Crippen LogP contribution is 2.18. The van der Waals surface area contributed by atoms with Gasteiger partial charge in [-0.15, -0.1) is 0 Å². The first kappa shape index (κ1) is 17.9. The predicted molar refractivity (Wildman–Crippen MR) is 95.8 cm³/mol. The van der Waals surface area contributed by atoms with Crippen molar-refractivity contribution in [3.8, 4) is 5.75 Å². The van der Waals surface area contributed by atoms with Gasteiger partial charge >= 0.3 is 5.69 Å². The molecule has 1 aliphatic heterocycles. The Morgan fingerprint density at radius 1 is 1.23 bits per heavy atom. The number of hydrogen-bond donors (Lipinski definition) is 1. The molecule has 26 heavy (non-hydrogen) atoms. The molecule has 1 aliphatic rings. The monoisotopic (exact) mass is 359 g/mol. The summed E-state index contributed by atoms with van der Waals surface area (Å²) in [6.07, 6.45) is 2.20. The van der Waals surface area contributed by atoms with Crippen LogP contribution < -0.4 is 21.3 Å². The van der Waals surface area contributed by atoms with Gasteiger partial charge in [-0.1, -0.05) is 0 Å². The van der Waals surface area contributed by atoms with Crippen molar-refractivity contribution < 1.29 is 14.3 Å². The molecule has 0 radical (unpaired) electrons. The first-order chi connectivity index (χ1) is 12.5. The van der Waals surface area contributed by atoms with E-state index < -0.39 is 17.2 Å². The Balaban J connectivity index is 1.66. The molecule has 1 aromatic carbocycles. The van der Waals surface area contributed by atoms with Crippen molar-refractivity contribution >= 4 is 11.6 Å². The summed E-state index contributed by atoms with van der Waals surface area (Å²) in [5.74, 6) is 0.148. The largest absolute Gasteiger partial charge is 0.491 e. The SMILES string of the molecule is Cn1c(C(=O)Nc2ccc(OCC3CCCO3)cc2)cc(=O)n(C)c1=O. The van der Waals surface area contributed by atoms with Gasteiger partial charge in [0.2, 0.25) is 0 Å². The average Bonchev–Trinajstić information content (AvgIpc) is 3.16. The number of nitrogens with one attached hydrogen (secondary N) is 1. The summed E-state index contributed by atoms with van der Waals surface area (Å²) in [6, 6.07) is 8.01. The van der Waals surface area contributed by atoms with Crippen molar-refractivity contribution in [2.75, 3.05) is 18.5 Å². The van der Waals surface area contributed by atoms with E-state index in [2.05, 4.69) is 5.32 Å². The maximum absolute atomic E-state index is 12.4. The Morgan fingerprint density at radius 3 is 2.62 bits per heavy atom. The van der Waals surface area contributed by atoms with Crippen LogP contribution in [0.25, 0.3) is 0 Å². The molecule has 1 atom stereocenters. The maximum atomic E-state index is 12.4. The lowest BCUT2D eigenvalue weighted by atomic mass is 10.2. The smallest absolute Gasteiger partial charge is 0.331 e. The first-order valence-corrected chi connectivity index (χ1v) is 8.38. The highest BCUT2D eigenvalue weighted by Gasteiger charge is 2.16. The second-order valence-corrected chi connectivity index (χ2v) is 6.19. The summed E-state index contributed by atoms with van der Waals surface area (Å²) in [6.45, 7) is 1.28. The maximum Gasteiger partial charge on any atom is 0.331 e. The van der Waals surface area contributed by atoms with Gasteiger partial charge in [0.05, 0.1) is 6.10 Å². The van der Waals surface area contributed by atoms with Crippen molar-refractivity contribution in [3.05, 3.63) is 56.9 Å². The van der Waals surface area contributed by atoms with E-state index in [1.165, 1.54) is 14.1 Å². The minimum absolute atomic E-state index is 0.00295. The number of ether oxygens (including phenoxy) is 2. The van der Waals surface area contributed by atoms with Gasteiger partial charge in [0, 0.05) is 32.5 Å². The lowest BCUT2D eigenvalue weighted by molar-refractivity contribution is 0.0679. The van der Waals surface area contributed by atoms with E-state index in [1.807, 2.05) is 0 Å². The lowest BCUT2D eigenvalue weighted by Crippen LogP contribution is -2.40. The number of benzene rings is 1. The number of hydrogen-bond acceptors (Lipinski definition) is 5. The zero-order valence-electron chi connectivity index (χ0n) is 14.7. The number of carbonyl (C=O) groups excluding carboxylic acids is 1. The summed E-state index contributed by atoms with van der Waals surface area (Å²) in [5.41, 5.74) is -0.555. The number of aromatic nitrogens is 2. The molecular weight excluding hydrogens is 338 g/mol. The van der Waals surface area contributed by atoms with Crippen molar-refractivity contribution in [1.29, 1.82) is 0 Å². The summed E-state index contributed by atoms with van der Waals surface area (Å²) in [7, 11) is 2.81. The molecular formula is C18H21N3O5. The first-order valence-electron chi connectivity index (χ1n) is 8.38. The molecule has 1 saturated heterocycles. The minimum Gasteiger partial charge on any atom is -0.491 e. The Hall–Kier alpha value is -2.87. The van der Waals surface area contributed by atoms with Crippen molar-refractivity contribution in [2.24, 2.45) is 14.1 Å². The molecule has 8 heteroatoms. The van der Waals surface area contributed by atoms with Crippen LogP contribution >= 0.6 is 0 Å². The number of anilines is 1. The quantitative estimate of drug-likeness (QED) is 0.856. The third-order valence-corrected chi connectivity index (χ3v) is 4.33. The van der Waals surface area contributed by atoms with E-state index >= 15 is 0 Å². The molecule has 2 aromatic rings. The molecule has 1 amide bonds. The number of carbonyl (C=O) groups is 1.